The lowest BCUT2D eigenvalue weighted by atomic mass is 10.00. The molecule has 3 heterocycles. The molecule has 0 unspecified atom stereocenters. The molecular weight excluding hydrogens is 341 g/mol. The van der Waals surface area contributed by atoms with E-state index in [2.05, 4.69) is 15.0 Å². The van der Waals surface area contributed by atoms with Gasteiger partial charge in [0.25, 0.3) is 5.56 Å². The van der Waals surface area contributed by atoms with Gasteiger partial charge in [0.2, 0.25) is 0 Å². The number of thiazole rings is 1. The van der Waals surface area contributed by atoms with Crippen LogP contribution < -0.4 is 5.56 Å². The first kappa shape index (κ1) is 17.1. The van der Waals surface area contributed by atoms with Gasteiger partial charge >= 0.3 is 6.18 Å². The Morgan fingerprint density at radius 1 is 1.29 bits per heavy atom. The number of hydrogen-bond donors (Lipinski definition) is 0. The minimum absolute atomic E-state index is 0.132. The monoisotopic (exact) mass is 358 g/mol. The molecule has 0 atom stereocenters. The van der Waals surface area contributed by atoms with Crippen molar-refractivity contribution in [2.24, 2.45) is 5.92 Å². The Balaban J connectivity index is 1.60. The highest BCUT2D eigenvalue weighted by atomic mass is 32.1. The Bertz CT molecular complexity index is 793. The highest BCUT2D eigenvalue weighted by molar-refractivity contribution is 7.11. The second kappa shape index (κ2) is 6.29. The summed E-state index contributed by atoms with van der Waals surface area (Å²) in [5.74, 6) is 0.132. The summed E-state index contributed by atoms with van der Waals surface area (Å²) in [4.78, 5) is 19.5. The summed E-state index contributed by atoms with van der Waals surface area (Å²) in [6.07, 6.45) is -4.54. The molecule has 5 nitrogen and oxygen atoms in total. The third-order valence-corrected chi connectivity index (χ3v) is 5.05. The van der Waals surface area contributed by atoms with Crippen LogP contribution in [0.2, 0.25) is 0 Å². The summed E-state index contributed by atoms with van der Waals surface area (Å²) < 4.78 is 39.0. The summed E-state index contributed by atoms with van der Waals surface area (Å²) in [6, 6.07) is 1.65. The fourth-order valence-corrected chi connectivity index (χ4v) is 3.80. The molecule has 0 aliphatic carbocycles. The molecule has 3 rings (SSSR count). The van der Waals surface area contributed by atoms with Gasteiger partial charge in [-0.15, -0.1) is 11.3 Å². The molecule has 0 radical (unpaired) electrons. The maximum absolute atomic E-state index is 12.7. The summed E-state index contributed by atoms with van der Waals surface area (Å²) in [6.45, 7) is 6.41. The molecule has 1 aliphatic rings. The molecule has 2 aromatic rings. The van der Waals surface area contributed by atoms with Gasteiger partial charge in [0, 0.05) is 36.5 Å². The average Bonchev–Trinajstić information content (AvgIpc) is 2.75. The first-order valence-electron chi connectivity index (χ1n) is 7.53. The molecule has 0 bridgehead atoms. The Kier molecular flexibility index (Phi) is 4.48. The van der Waals surface area contributed by atoms with Crippen LogP contribution in [0.15, 0.2) is 16.9 Å². The maximum Gasteiger partial charge on any atom is 0.435 e. The van der Waals surface area contributed by atoms with E-state index in [9.17, 15) is 18.0 Å². The van der Waals surface area contributed by atoms with Gasteiger partial charge in [-0.3, -0.25) is 9.69 Å². The highest BCUT2D eigenvalue weighted by Crippen LogP contribution is 2.27. The van der Waals surface area contributed by atoms with Gasteiger partial charge in [0.15, 0.2) is 5.69 Å². The van der Waals surface area contributed by atoms with Gasteiger partial charge in [-0.1, -0.05) is 0 Å². The molecule has 2 aromatic heterocycles. The van der Waals surface area contributed by atoms with Crippen LogP contribution >= 0.6 is 11.3 Å². The summed E-state index contributed by atoms with van der Waals surface area (Å²) in [5.41, 5.74) is -0.513. The molecule has 0 spiro atoms. The molecule has 0 amide bonds. The SMILES string of the molecule is Cc1nc(C)c(CN2CC(Cn3nc(C(F)(F)F)ccc3=O)C2)s1. The van der Waals surface area contributed by atoms with Crippen LogP contribution in [0.1, 0.15) is 21.3 Å². The van der Waals surface area contributed by atoms with Gasteiger partial charge in [0.1, 0.15) is 0 Å². The first-order valence-corrected chi connectivity index (χ1v) is 8.34. The summed E-state index contributed by atoms with van der Waals surface area (Å²) >= 11 is 1.66. The fourth-order valence-electron chi connectivity index (χ4n) is 2.82. The normalized spacial score (nSPS) is 16.4. The van der Waals surface area contributed by atoms with Crippen LogP contribution in [0.4, 0.5) is 13.2 Å². The molecule has 0 aromatic carbocycles. The largest absolute Gasteiger partial charge is 0.435 e. The number of rotatable bonds is 4. The van der Waals surface area contributed by atoms with Crippen LogP contribution in [-0.2, 0) is 19.3 Å². The number of alkyl halides is 3. The zero-order valence-corrected chi connectivity index (χ0v) is 14.1. The zero-order chi connectivity index (χ0) is 17.5. The van der Waals surface area contributed by atoms with Crippen molar-refractivity contribution in [2.75, 3.05) is 13.1 Å². The summed E-state index contributed by atoms with van der Waals surface area (Å²) in [7, 11) is 0. The third kappa shape index (κ3) is 3.67. The lowest BCUT2D eigenvalue weighted by molar-refractivity contribution is -0.142. The van der Waals surface area contributed by atoms with Crippen molar-refractivity contribution in [2.45, 2.75) is 33.1 Å². The van der Waals surface area contributed by atoms with Crippen molar-refractivity contribution >= 4 is 11.3 Å². The summed E-state index contributed by atoms with van der Waals surface area (Å²) in [5, 5.41) is 4.47. The zero-order valence-electron chi connectivity index (χ0n) is 13.3. The van der Waals surface area contributed by atoms with E-state index in [1.807, 2.05) is 13.8 Å². The van der Waals surface area contributed by atoms with Crippen LogP contribution in [0, 0.1) is 19.8 Å². The standard InChI is InChI=1S/C15H17F3N4OS/c1-9-12(24-10(2)19-9)8-21-5-11(6-21)7-22-14(23)4-3-13(20-22)15(16,17)18/h3-4,11H,5-8H2,1-2H3. The molecule has 0 saturated carbocycles. The Morgan fingerprint density at radius 2 is 2.00 bits per heavy atom. The number of likely N-dealkylation sites (tertiary alicyclic amines) is 1. The molecule has 130 valence electrons. The lowest BCUT2D eigenvalue weighted by Gasteiger charge is -2.39. The lowest BCUT2D eigenvalue weighted by Crippen LogP contribution is -2.49. The van der Waals surface area contributed by atoms with Gasteiger partial charge in [-0.25, -0.2) is 9.67 Å². The maximum atomic E-state index is 12.7. The van der Waals surface area contributed by atoms with E-state index in [1.54, 1.807) is 11.3 Å². The Hall–Kier alpha value is -1.74. The smallest absolute Gasteiger partial charge is 0.297 e. The number of hydrogen-bond acceptors (Lipinski definition) is 5. The average molecular weight is 358 g/mol. The van der Waals surface area contributed by atoms with Crippen LogP contribution in [-0.4, -0.2) is 32.8 Å². The van der Waals surface area contributed by atoms with E-state index in [0.717, 1.165) is 47.2 Å². The Morgan fingerprint density at radius 3 is 2.58 bits per heavy atom. The van der Waals surface area contributed by atoms with Crippen molar-refractivity contribution in [3.63, 3.8) is 0 Å². The van der Waals surface area contributed by atoms with Crippen molar-refractivity contribution in [3.8, 4) is 0 Å². The third-order valence-electron chi connectivity index (χ3n) is 3.99. The van der Waals surface area contributed by atoms with E-state index < -0.39 is 17.4 Å². The number of nitrogens with zero attached hydrogens (tertiary/aromatic N) is 4. The number of halogens is 3. The van der Waals surface area contributed by atoms with Crippen LogP contribution in [0.3, 0.4) is 0 Å². The minimum Gasteiger partial charge on any atom is -0.297 e. The molecule has 9 heteroatoms. The molecule has 1 saturated heterocycles. The van der Waals surface area contributed by atoms with E-state index in [-0.39, 0.29) is 12.5 Å². The molecule has 1 aliphatic heterocycles. The number of aryl methyl sites for hydroxylation is 2. The van der Waals surface area contributed by atoms with Gasteiger partial charge in [0.05, 0.1) is 17.2 Å². The van der Waals surface area contributed by atoms with E-state index >= 15 is 0 Å². The van der Waals surface area contributed by atoms with Crippen molar-refractivity contribution in [1.82, 2.24) is 19.7 Å². The van der Waals surface area contributed by atoms with Crippen LogP contribution in [0.5, 0.6) is 0 Å². The van der Waals surface area contributed by atoms with E-state index in [1.165, 1.54) is 4.88 Å². The Labute approximate surface area is 140 Å². The molecule has 24 heavy (non-hydrogen) atoms. The molecule has 0 N–H and O–H groups in total. The second-order valence-corrected chi connectivity index (χ2v) is 7.33. The van der Waals surface area contributed by atoms with Crippen molar-refractivity contribution in [3.05, 3.63) is 43.8 Å². The number of aromatic nitrogens is 3. The quantitative estimate of drug-likeness (QED) is 0.843. The van der Waals surface area contributed by atoms with Crippen LogP contribution in [0.25, 0.3) is 0 Å². The van der Waals surface area contributed by atoms with Gasteiger partial charge in [-0.05, 0) is 19.9 Å². The fraction of sp³-hybridized carbons (Fsp3) is 0.533. The van der Waals surface area contributed by atoms with Gasteiger partial charge in [-0.2, -0.15) is 18.3 Å². The topological polar surface area (TPSA) is 51.0 Å². The minimum atomic E-state index is -4.54. The first-order chi connectivity index (χ1) is 11.2. The predicted octanol–water partition coefficient (Wildman–Crippen LogP) is 2.47. The van der Waals surface area contributed by atoms with Gasteiger partial charge < -0.3 is 0 Å². The highest BCUT2D eigenvalue weighted by Gasteiger charge is 2.34. The predicted molar refractivity (Wildman–Crippen MR) is 83.9 cm³/mol. The van der Waals surface area contributed by atoms with E-state index in [4.69, 9.17) is 0 Å². The van der Waals surface area contributed by atoms with E-state index in [0.29, 0.717) is 0 Å². The molecular formula is C15H17F3N4OS. The van der Waals surface area contributed by atoms with Crippen molar-refractivity contribution in [1.29, 1.82) is 0 Å². The second-order valence-electron chi connectivity index (χ2n) is 6.04. The molecule has 1 fully saturated rings. The van der Waals surface area contributed by atoms with Crippen molar-refractivity contribution < 1.29 is 13.2 Å².